The average molecular weight is 331 g/mol. The molecule has 0 heterocycles. The van der Waals surface area contributed by atoms with E-state index in [1.165, 1.54) is 6.92 Å². The summed E-state index contributed by atoms with van der Waals surface area (Å²) in [5, 5.41) is 5.70. The molecule has 118 valence electrons. The van der Waals surface area contributed by atoms with E-state index in [4.69, 9.17) is 11.6 Å². The van der Waals surface area contributed by atoms with Crippen LogP contribution in [0, 0.1) is 0 Å². The summed E-state index contributed by atoms with van der Waals surface area (Å²) in [4.78, 5) is 34.5. The molecule has 0 saturated carbocycles. The highest BCUT2D eigenvalue weighted by molar-refractivity contribution is 6.34. The SMILES string of the molecule is CC(=O)CC(=O)Nc1ccc(NC(=O)c2ccccc2Cl)cc1. The van der Waals surface area contributed by atoms with Crippen LogP contribution in [0.2, 0.25) is 5.02 Å². The van der Waals surface area contributed by atoms with E-state index < -0.39 is 0 Å². The molecule has 0 atom stereocenters. The Morgan fingerprint density at radius 3 is 2.04 bits per heavy atom. The van der Waals surface area contributed by atoms with E-state index in [0.717, 1.165) is 0 Å². The minimum atomic E-state index is -0.370. The number of nitrogens with one attached hydrogen (secondary N) is 2. The second-order valence-electron chi connectivity index (χ2n) is 4.94. The van der Waals surface area contributed by atoms with Crippen molar-refractivity contribution in [1.82, 2.24) is 0 Å². The first-order valence-electron chi connectivity index (χ1n) is 6.91. The van der Waals surface area contributed by atoms with Gasteiger partial charge in [-0.25, -0.2) is 0 Å². The molecule has 23 heavy (non-hydrogen) atoms. The Kier molecular flexibility index (Phi) is 5.49. The maximum absolute atomic E-state index is 12.1. The first-order chi connectivity index (χ1) is 11.0. The molecular formula is C17H15ClN2O3. The number of rotatable bonds is 5. The molecule has 5 nitrogen and oxygen atoms in total. The molecular weight excluding hydrogens is 316 g/mol. The number of carbonyl (C=O) groups is 3. The number of hydrogen-bond donors (Lipinski definition) is 2. The molecule has 0 aliphatic heterocycles. The molecule has 6 heteroatoms. The maximum Gasteiger partial charge on any atom is 0.257 e. The number of ketones is 1. The first kappa shape index (κ1) is 16.7. The Bertz CT molecular complexity index is 742. The summed E-state index contributed by atoms with van der Waals surface area (Å²) in [6.07, 6.45) is -0.162. The van der Waals surface area contributed by atoms with Gasteiger partial charge in [-0.05, 0) is 43.3 Å². The number of Topliss-reactive ketones (excluding diaryl/α,β-unsaturated/α-hetero) is 1. The van der Waals surface area contributed by atoms with Gasteiger partial charge >= 0.3 is 0 Å². The molecule has 2 N–H and O–H groups in total. The third kappa shape index (κ3) is 4.93. The van der Waals surface area contributed by atoms with E-state index in [9.17, 15) is 14.4 Å². The quantitative estimate of drug-likeness (QED) is 0.824. The van der Waals surface area contributed by atoms with Gasteiger partial charge in [-0.15, -0.1) is 0 Å². The molecule has 0 radical (unpaired) electrons. The topological polar surface area (TPSA) is 75.3 Å². The Hall–Kier alpha value is -2.66. The van der Waals surface area contributed by atoms with Crippen LogP contribution in [0.5, 0.6) is 0 Å². The lowest BCUT2D eigenvalue weighted by molar-refractivity contribution is -0.124. The summed E-state index contributed by atoms with van der Waals surface area (Å²) in [5.74, 6) is -0.888. The van der Waals surface area contributed by atoms with Gasteiger partial charge in [0.05, 0.1) is 17.0 Å². The highest BCUT2D eigenvalue weighted by atomic mass is 35.5. The fraction of sp³-hybridized carbons (Fsp3) is 0.118. The molecule has 0 spiro atoms. The summed E-state index contributed by atoms with van der Waals surface area (Å²) < 4.78 is 0. The fourth-order valence-corrected chi connectivity index (χ4v) is 2.13. The van der Waals surface area contributed by atoms with Crippen LogP contribution in [-0.4, -0.2) is 17.6 Å². The van der Waals surface area contributed by atoms with Crippen LogP contribution in [0.1, 0.15) is 23.7 Å². The van der Waals surface area contributed by atoms with Gasteiger partial charge in [0.1, 0.15) is 5.78 Å². The molecule has 2 aromatic rings. The van der Waals surface area contributed by atoms with Gasteiger partial charge in [-0.1, -0.05) is 23.7 Å². The molecule has 2 amide bonds. The van der Waals surface area contributed by atoms with Crippen molar-refractivity contribution in [3.8, 4) is 0 Å². The highest BCUT2D eigenvalue weighted by Gasteiger charge is 2.10. The van der Waals surface area contributed by atoms with Crippen LogP contribution in [0.4, 0.5) is 11.4 Å². The minimum absolute atomic E-state index is 0.162. The molecule has 0 aliphatic rings. The van der Waals surface area contributed by atoms with Crippen molar-refractivity contribution < 1.29 is 14.4 Å². The lowest BCUT2D eigenvalue weighted by Crippen LogP contribution is -2.15. The molecule has 0 aliphatic carbocycles. The smallest absolute Gasteiger partial charge is 0.257 e. The Labute approximate surface area is 138 Å². The predicted molar refractivity (Wildman–Crippen MR) is 89.8 cm³/mol. The molecule has 2 aromatic carbocycles. The normalized spacial score (nSPS) is 10.0. The van der Waals surface area contributed by atoms with Crippen molar-refractivity contribution in [2.75, 3.05) is 10.6 Å². The third-order valence-electron chi connectivity index (χ3n) is 2.95. The zero-order chi connectivity index (χ0) is 16.8. The van der Waals surface area contributed by atoms with Crippen LogP contribution in [0.3, 0.4) is 0 Å². The van der Waals surface area contributed by atoms with Crippen molar-refractivity contribution in [2.45, 2.75) is 13.3 Å². The van der Waals surface area contributed by atoms with Crippen LogP contribution < -0.4 is 10.6 Å². The van der Waals surface area contributed by atoms with Gasteiger partial charge in [-0.2, -0.15) is 0 Å². The van der Waals surface area contributed by atoms with E-state index in [2.05, 4.69) is 10.6 Å². The van der Waals surface area contributed by atoms with Crippen molar-refractivity contribution in [2.24, 2.45) is 0 Å². The van der Waals surface area contributed by atoms with E-state index in [-0.39, 0.29) is 24.0 Å². The number of hydrogen-bond acceptors (Lipinski definition) is 3. The Morgan fingerprint density at radius 1 is 0.913 bits per heavy atom. The number of halogens is 1. The molecule has 0 saturated heterocycles. The van der Waals surface area contributed by atoms with E-state index in [1.807, 2.05) is 0 Å². The molecule has 0 fully saturated rings. The number of benzene rings is 2. The monoisotopic (exact) mass is 330 g/mol. The molecule has 0 unspecified atom stereocenters. The summed E-state index contributed by atoms with van der Waals surface area (Å²) in [6, 6.07) is 13.3. The maximum atomic E-state index is 12.1. The largest absolute Gasteiger partial charge is 0.326 e. The molecule has 0 bridgehead atoms. The minimum Gasteiger partial charge on any atom is -0.326 e. The summed E-state index contributed by atoms with van der Waals surface area (Å²) >= 11 is 5.97. The molecule has 2 rings (SSSR count). The van der Waals surface area contributed by atoms with Crippen LogP contribution in [-0.2, 0) is 9.59 Å². The number of carbonyl (C=O) groups excluding carboxylic acids is 3. The van der Waals surface area contributed by atoms with E-state index in [1.54, 1.807) is 48.5 Å². The third-order valence-corrected chi connectivity index (χ3v) is 3.28. The van der Waals surface area contributed by atoms with Crippen LogP contribution in [0.25, 0.3) is 0 Å². The predicted octanol–water partition coefficient (Wildman–Crippen LogP) is 3.51. The van der Waals surface area contributed by atoms with Gasteiger partial charge in [0.2, 0.25) is 5.91 Å². The lowest BCUT2D eigenvalue weighted by Gasteiger charge is -2.08. The molecule has 0 aromatic heterocycles. The van der Waals surface area contributed by atoms with E-state index >= 15 is 0 Å². The lowest BCUT2D eigenvalue weighted by atomic mass is 10.2. The van der Waals surface area contributed by atoms with Gasteiger partial charge < -0.3 is 10.6 Å². The van der Waals surface area contributed by atoms with Gasteiger partial charge in [0.15, 0.2) is 0 Å². The van der Waals surface area contributed by atoms with Crippen molar-refractivity contribution in [3.05, 3.63) is 59.1 Å². The van der Waals surface area contributed by atoms with Crippen LogP contribution in [0.15, 0.2) is 48.5 Å². The van der Waals surface area contributed by atoms with Gasteiger partial charge in [0.25, 0.3) is 5.91 Å². The van der Waals surface area contributed by atoms with Crippen LogP contribution >= 0.6 is 11.6 Å². The standard InChI is InChI=1S/C17H15ClN2O3/c1-11(21)10-16(22)19-12-6-8-13(9-7-12)20-17(23)14-4-2-3-5-15(14)18/h2-9H,10H2,1H3,(H,19,22)(H,20,23). The van der Waals surface area contributed by atoms with Crippen molar-refractivity contribution in [3.63, 3.8) is 0 Å². The van der Waals surface area contributed by atoms with Crippen molar-refractivity contribution in [1.29, 1.82) is 0 Å². The first-order valence-corrected chi connectivity index (χ1v) is 7.29. The van der Waals surface area contributed by atoms with E-state index in [0.29, 0.717) is 22.0 Å². The summed E-state index contributed by atoms with van der Waals surface area (Å²) in [7, 11) is 0. The fourth-order valence-electron chi connectivity index (χ4n) is 1.91. The Balaban J connectivity index is 2.00. The average Bonchev–Trinajstić information content (AvgIpc) is 2.48. The second kappa shape index (κ2) is 7.56. The Morgan fingerprint density at radius 2 is 1.48 bits per heavy atom. The van der Waals surface area contributed by atoms with Gasteiger partial charge in [0, 0.05) is 11.4 Å². The number of anilines is 2. The highest BCUT2D eigenvalue weighted by Crippen LogP contribution is 2.18. The zero-order valence-corrected chi connectivity index (χ0v) is 13.2. The summed E-state index contributed by atoms with van der Waals surface area (Å²) in [5.41, 5.74) is 1.50. The van der Waals surface area contributed by atoms with Gasteiger partial charge in [-0.3, -0.25) is 14.4 Å². The van der Waals surface area contributed by atoms with Crippen molar-refractivity contribution >= 4 is 40.6 Å². The number of amides is 2. The second-order valence-corrected chi connectivity index (χ2v) is 5.35. The summed E-state index contributed by atoms with van der Waals surface area (Å²) in [6.45, 7) is 1.35. The zero-order valence-electron chi connectivity index (χ0n) is 12.4.